The van der Waals surface area contributed by atoms with Gasteiger partial charge in [-0.3, -0.25) is 14.4 Å². The first-order valence-electron chi connectivity index (χ1n) is 9.30. The lowest BCUT2D eigenvalue weighted by molar-refractivity contribution is -0.139. The van der Waals surface area contributed by atoms with E-state index in [0.29, 0.717) is 22.3 Å². The second kappa shape index (κ2) is 7.84. The van der Waals surface area contributed by atoms with Crippen LogP contribution in [0.4, 0.5) is 0 Å². The van der Waals surface area contributed by atoms with Crippen LogP contribution in [0.15, 0.2) is 22.3 Å². The smallest absolute Gasteiger partial charge is 0.251 e. The minimum absolute atomic E-state index is 0.0282. The Morgan fingerprint density at radius 2 is 1.62 bits per heavy atom. The van der Waals surface area contributed by atoms with Crippen LogP contribution in [-0.4, -0.2) is 40.3 Å². The largest absolute Gasteiger partial charge is 0.380 e. The van der Waals surface area contributed by atoms with Crippen LogP contribution >= 0.6 is 0 Å². The van der Waals surface area contributed by atoms with Crippen molar-refractivity contribution >= 4 is 17.5 Å². The highest BCUT2D eigenvalue weighted by atomic mass is 16.3. The maximum Gasteiger partial charge on any atom is 0.251 e. The second-order valence-electron chi connectivity index (χ2n) is 7.87. The van der Waals surface area contributed by atoms with Crippen molar-refractivity contribution in [3.8, 4) is 0 Å². The number of hydrogen-bond donors (Lipinski definition) is 3. The lowest BCUT2D eigenvalue weighted by atomic mass is 9.82. The number of ketones is 2. The number of allylic oxidation sites excluding steroid dienone is 4. The van der Waals surface area contributed by atoms with Crippen molar-refractivity contribution in [3.05, 3.63) is 22.3 Å². The van der Waals surface area contributed by atoms with Gasteiger partial charge in [0.25, 0.3) is 5.91 Å². The summed E-state index contributed by atoms with van der Waals surface area (Å²) in [6.07, 6.45) is 3.62. The van der Waals surface area contributed by atoms with Gasteiger partial charge < -0.3 is 16.2 Å². The van der Waals surface area contributed by atoms with Crippen LogP contribution in [0.2, 0.25) is 0 Å². The van der Waals surface area contributed by atoms with E-state index in [2.05, 4.69) is 5.32 Å². The predicted molar refractivity (Wildman–Crippen MR) is 99.3 cm³/mol. The Labute approximate surface area is 154 Å². The molecule has 6 nitrogen and oxygen atoms in total. The molecule has 0 aliphatic heterocycles. The lowest BCUT2D eigenvalue weighted by Gasteiger charge is -2.30. The van der Waals surface area contributed by atoms with Gasteiger partial charge >= 0.3 is 0 Å². The van der Waals surface area contributed by atoms with Gasteiger partial charge in [0.05, 0.1) is 0 Å². The Kier molecular flexibility index (Phi) is 6.19. The molecule has 144 valence electrons. The van der Waals surface area contributed by atoms with E-state index in [1.165, 1.54) is 6.92 Å². The fourth-order valence-corrected chi connectivity index (χ4v) is 3.54. The summed E-state index contributed by atoms with van der Waals surface area (Å²) < 4.78 is 0. The molecule has 0 saturated heterocycles. The molecule has 0 radical (unpaired) electrons. The summed E-state index contributed by atoms with van der Waals surface area (Å²) in [5.74, 6) is -0.744. The van der Waals surface area contributed by atoms with Crippen LogP contribution < -0.4 is 11.1 Å². The maximum atomic E-state index is 12.5. The normalized spacial score (nSPS) is 26.8. The van der Waals surface area contributed by atoms with Gasteiger partial charge in [0.1, 0.15) is 5.60 Å². The summed E-state index contributed by atoms with van der Waals surface area (Å²) in [6.45, 7) is 6.37. The first-order valence-corrected chi connectivity index (χ1v) is 9.30. The van der Waals surface area contributed by atoms with Gasteiger partial charge in [-0.05, 0) is 66.2 Å². The fraction of sp³-hybridized carbons (Fsp3) is 0.650. The topological polar surface area (TPSA) is 109 Å². The second-order valence-corrected chi connectivity index (χ2v) is 7.87. The van der Waals surface area contributed by atoms with Crippen LogP contribution in [0.25, 0.3) is 0 Å². The van der Waals surface area contributed by atoms with E-state index in [1.54, 1.807) is 20.8 Å². The highest BCUT2D eigenvalue weighted by Crippen LogP contribution is 2.29. The molecule has 4 N–H and O–H groups in total. The van der Waals surface area contributed by atoms with Crippen molar-refractivity contribution in [3.63, 3.8) is 0 Å². The third-order valence-electron chi connectivity index (χ3n) is 5.77. The minimum Gasteiger partial charge on any atom is -0.380 e. The SMILES string of the molecule is CC1=C(C)C(=O)C(CC[C@@](C)(O)C(=O)NC2CCC(N)CC2)=C(C)C1=O. The summed E-state index contributed by atoms with van der Waals surface area (Å²) >= 11 is 0. The molecule has 1 saturated carbocycles. The zero-order valence-electron chi connectivity index (χ0n) is 16.1. The molecule has 0 aromatic carbocycles. The Balaban J connectivity index is 2.00. The monoisotopic (exact) mass is 362 g/mol. The van der Waals surface area contributed by atoms with Gasteiger partial charge in [-0.25, -0.2) is 0 Å². The highest BCUT2D eigenvalue weighted by Gasteiger charge is 2.35. The van der Waals surface area contributed by atoms with E-state index in [0.717, 1.165) is 25.7 Å². The molecule has 0 bridgehead atoms. The van der Waals surface area contributed by atoms with Gasteiger partial charge in [0.15, 0.2) is 11.6 Å². The molecule has 26 heavy (non-hydrogen) atoms. The minimum atomic E-state index is -1.60. The summed E-state index contributed by atoms with van der Waals surface area (Å²) in [7, 11) is 0. The molecule has 1 fully saturated rings. The Morgan fingerprint density at radius 1 is 1.08 bits per heavy atom. The average Bonchev–Trinajstić information content (AvgIpc) is 2.60. The number of Topliss-reactive ketones (excluding diaryl/α,β-unsaturated/α-hetero) is 2. The summed E-state index contributed by atoms with van der Waals surface area (Å²) in [6, 6.07) is 0.216. The van der Waals surface area contributed by atoms with Crippen molar-refractivity contribution in [2.24, 2.45) is 5.73 Å². The Bertz CT molecular complexity index is 680. The molecule has 0 aromatic heterocycles. The molecule has 2 aliphatic rings. The quantitative estimate of drug-likeness (QED) is 0.645. The van der Waals surface area contributed by atoms with Crippen LogP contribution in [0.3, 0.4) is 0 Å². The van der Waals surface area contributed by atoms with Gasteiger partial charge in [-0.15, -0.1) is 0 Å². The number of carbonyl (C=O) groups excluding carboxylic acids is 3. The molecule has 0 aromatic rings. The predicted octanol–water partition coefficient (Wildman–Crippen LogP) is 1.71. The third-order valence-corrected chi connectivity index (χ3v) is 5.77. The molecule has 1 atom stereocenters. The van der Waals surface area contributed by atoms with Crippen molar-refractivity contribution in [2.45, 2.75) is 83.9 Å². The van der Waals surface area contributed by atoms with E-state index >= 15 is 0 Å². The van der Waals surface area contributed by atoms with Crippen molar-refractivity contribution in [2.75, 3.05) is 0 Å². The van der Waals surface area contributed by atoms with E-state index in [-0.39, 0.29) is 36.5 Å². The third kappa shape index (κ3) is 4.30. The molecular weight excluding hydrogens is 332 g/mol. The molecule has 2 aliphatic carbocycles. The number of nitrogens with two attached hydrogens (primary N) is 1. The van der Waals surface area contributed by atoms with Crippen molar-refractivity contribution in [1.82, 2.24) is 5.32 Å². The molecule has 0 spiro atoms. The number of aliphatic hydroxyl groups is 1. The van der Waals surface area contributed by atoms with Crippen LogP contribution in [-0.2, 0) is 14.4 Å². The number of amides is 1. The molecule has 1 amide bonds. The molecule has 0 heterocycles. The van der Waals surface area contributed by atoms with Crippen LogP contribution in [0.5, 0.6) is 0 Å². The van der Waals surface area contributed by atoms with Gasteiger partial charge in [-0.1, -0.05) is 0 Å². The van der Waals surface area contributed by atoms with E-state index in [4.69, 9.17) is 5.73 Å². The van der Waals surface area contributed by atoms with Gasteiger partial charge in [0, 0.05) is 34.4 Å². The van der Waals surface area contributed by atoms with Crippen LogP contribution in [0, 0.1) is 0 Å². The molecule has 0 unspecified atom stereocenters. The summed E-state index contributed by atoms with van der Waals surface area (Å²) in [4.78, 5) is 37.1. The van der Waals surface area contributed by atoms with Crippen molar-refractivity contribution < 1.29 is 19.5 Å². The number of rotatable bonds is 5. The number of nitrogens with one attached hydrogen (secondary N) is 1. The fourth-order valence-electron chi connectivity index (χ4n) is 3.54. The van der Waals surface area contributed by atoms with Gasteiger partial charge in [0.2, 0.25) is 0 Å². The standard InChI is InChI=1S/C20H30N2O4/c1-11-12(2)18(24)16(13(3)17(11)23)9-10-20(4,26)19(25)22-15-7-5-14(21)6-8-15/h14-15,26H,5-10,21H2,1-4H3,(H,22,25)/t14?,15?,20-/m1/s1. The number of hydrogen-bond acceptors (Lipinski definition) is 5. The van der Waals surface area contributed by atoms with Gasteiger partial charge in [-0.2, -0.15) is 0 Å². The lowest BCUT2D eigenvalue weighted by Crippen LogP contribution is -2.50. The zero-order valence-corrected chi connectivity index (χ0v) is 16.1. The molecule has 6 heteroatoms. The molecule has 2 rings (SSSR count). The van der Waals surface area contributed by atoms with Crippen molar-refractivity contribution in [1.29, 1.82) is 0 Å². The first-order chi connectivity index (χ1) is 12.0. The van der Waals surface area contributed by atoms with E-state index in [1.807, 2.05) is 0 Å². The average molecular weight is 362 g/mol. The summed E-state index contributed by atoms with van der Waals surface area (Å²) in [5.41, 5.74) is 6.00. The Morgan fingerprint density at radius 3 is 2.19 bits per heavy atom. The Hall–Kier alpha value is -1.79. The van der Waals surface area contributed by atoms with E-state index in [9.17, 15) is 19.5 Å². The maximum absolute atomic E-state index is 12.5. The summed E-state index contributed by atoms with van der Waals surface area (Å²) in [5, 5.41) is 13.5. The van der Waals surface area contributed by atoms with E-state index < -0.39 is 11.5 Å². The highest BCUT2D eigenvalue weighted by molar-refractivity contribution is 6.24. The molecular formula is C20H30N2O4. The van der Waals surface area contributed by atoms with Crippen LogP contribution in [0.1, 0.15) is 66.2 Å². The zero-order chi connectivity index (χ0) is 19.6. The number of carbonyl (C=O) groups is 3. The first kappa shape index (κ1) is 20.5.